The Labute approximate surface area is 101 Å². The van der Waals surface area contributed by atoms with Crippen LogP contribution in [0.2, 0.25) is 0 Å². The molecule has 1 saturated heterocycles. The number of rotatable bonds is 4. The van der Waals surface area contributed by atoms with Gasteiger partial charge in [-0.25, -0.2) is 0 Å². The van der Waals surface area contributed by atoms with Crippen LogP contribution in [-0.4, -0.2) is 50.1 Å². The molecule has 94 valence electrons. The third-order valence-electron chi connectivity index (χ3n) is 2.88. The lowest BCUT2D eigenvalue weighted by Gasteiger charge is -2.29. The van der Waals surface area contributed by atoms with Crippen molar-refractivity contribution in [2.24, 2.45) is 5.92 Å². The summed E-state index contributed by atoms with van der Waals surface area (Å²) in [5.74, 6) is 2.11. The van der Waals surface area contributed by atoms with Crippen LogP contribution < -0.4 is 5.32 Å². The molecule has 1 amide bonds. The molecule has 0 spiro atoms. The van der Waals surface area contributed by atoms with Crippen molar-refractivity contribution < 1.29 is 14.3 Å². The fraction of sp³-hybridized carbons (Fsp3) is 0.667. The van der Waals surface area contributed by atoms with Crippen molar-refractivity contribution in [3.63, 3.8) is 0 Å². The van der Waals surface area contributed by atoms with E-state index in [1.165, 1.54) is 7.11 Å². The average molecular weight is 238 g/mol. The van der Waals surface area contributed by atoms with Gasteiger partial charge in [0.25, 0.3) is 0 Å². The van der Waals surface area contributed by atoms with Gasteiger partial charge < -0.3 is 10.1 Å². The second kappa shape index (κ2) is 6.92. The summed E-state index contributed by atoms with van der Waals surface area (Å²) < 4.78 is 4.70. The quantitative estimate of drug-likeness (QED) is 0.536. The highest BCUT2D eigenvalue weighted by molar-refractivity contribution is 5.78. The van der Waals surface area contributed by atoms with Crippen LogP contribution in [0.4, 0.5) is 0 Å². The Hall–Kier alpha value is -1.54. The van der Waals surface area contributed by atoms with Crippen LogP contribution in [0, 0.1) is 18.3 Å². The lowest BCUT2D eigenvalue weighted by atomic mass is 9.97. The number of methoxy groups -OCH3 is 1. The number of hydrogen-bond donors (Lipinski definition) is 1. The molecule has 1 N–H and O–H groups in total. The number of hydrogen-bond acceptors (Lipinski definition) is 4. The normalized spacial score (nSPS) is 17.2. The summed E-state index contributed by atoms with van der Waals surface area (Å²) in [6.45, 7) is 2.08. The highest BCUT2D eigenvalue weighted by atomic mass is 16.5. The minimum Gasteiger partial charge on any atom is -0.469 e. The standard InChI is InChI=1S/C12H18N2O3/c1-3-6-13-11(15)9-14-7-4-10(5-8-14)12(16)17-2/h1,10H,4-9H2,2H3,(H,13,15). The summed E-state index contributed by atoms with van der Waals surface area (Å²) in [6.07, 6.45) is 6.54. The lowest BCUT2D eigenvalue weighted by molar-refractivity contribution is -0.147. The van der Waals surface area contributed by atoms with Crippen molar-refractivity contribution in [3.05, 3.63) is 0 Å². The molecule has 1 fully saturated rings. The number of nitrogens with zero attached hydrogens (tertiary/aromatic N) is 1. The first-order valence-electron chi connectivity index (χ1n) is 5.67. The molecular weight excluding hydrogens is 220 g/mol. The molecule has 1 heterocycles. The predicted molar refractivity (Wildman–Crippen MR) is 63.0 cm³/mol. The fourth-order valence-corrected chi connectivity index (χ4v) is 1.90. The summed E-state index contributed by atoms with van der Waals surface area (Å²) in [5.41, 5.74) is 0. The zero-order valence-electron chi connectivity index (χ0n) is 10.1. The number of nitrogens with one attached hydrogen (secondary N) is 1. The van der Waals surface area contributed by atoms with Crippen LogP contribution in [0.5, 0.6) is 0 Å². The summed E-state index contributed by atoms with van der Waals surface area (Å²) in [5, 5.41) is 2.62. The minimum absolute atomic E-state index is 0.0231. The van der Waals surface area contributed by atoms with Crippen molar-refractivity contribution >= 4 is 11.9 Å². The van der Waals surface area contributed by atoms with Gasteiger partial charge in [0.1, 0.15) is 0 Å². The van der Waals surface area contributed by atoms with Crippen molar-refractivity contribution in [3.8, 4) is 12.3 Å². The molecule has 0 aromatic rings. The Balaban J connectivity index is 2.25. The first-order chi connectivity index (χ1) is 8.17. The Morgan fingerprint density at radius 1 is 1.47 bits per heavy atom. The van der Waals surface area contributed by atoms with E-state index < -0.39 is 0 Å². The Morgan fingerprint density at radius 3 is 2.65 bits per heavy atom. The molecule has 0 bridgehead atoms. The molecule has 5 heteroatoms. The third-order valence-corrected chi connectivity index (χ3v) is 2.88. The molecule has 0 atom stereocenters. The molecule has 1 rings (SSSR count). The first-order valence-corrected chi connectivity index (χ1v) is 5.67. The summed E-state index contributed by atoms with van der Waals surface area (Å²) in [6, 6.07) is 0. The van der Waals surface area contributed by atoms with Crippen LogP contribution in [-0.2, 0) is 14.3 Å². The van der Waals surface area contributed by atoms with Crippen molar-refractivity contribution in [2.45, 2.75) is 12.8 Å². The van der Waals surface area contributed by atoms with Gasteiger partial charge in [0, 0.05) is 0 Å². The van der Waals surface area contributed by atoms with Crippen molar-refractivity contribution in [1.29, 1.82) is 0 Å². The second-order valence-corrected chi connectivity index (χ2v) is 4.05. The monoisotopic (exact) mass is 238 g/mol. The molecule has 0 aliphatic carbocycles. The van der Waals surface area contributed by atoms with Gasteiger partial charge in [0.15, 0.2) is 0 Å². The Kier molecular flexibility index (Phi) is 5.50. The average Bonchev–Trinajstić information content (AvgIpc) is 2.36. The van der Waals surface area contributed by atoms with E-state index in [4.69, 9.17) is 11.2 Å². The van der Waals surface area contributed by atoms with E-state index in [2.05, 4.69) is 11.2 Å². The zero-order valence-corrected chi connectivity index (χ0v) is 10.1. The maximum Gasteiger partial charge on any atom is 0.308 e. The highest BCUT2D eigenvalue weighted by Crippen LogP contribution is 2.17. The van der Waals surface area contributed by atoms with Crippen LogP contribution in [0.3, 0.4) is 0 Å². The number of terminal acetylenes is 1. The lowest BCUT2D eigenvalue weighted by Crippen LogP contribution is -2.42. The summed E-state index contributed by atoms with van der Waals surface area (Å²) in [4.78, 5) is 24.7. The minimum atomic E-state index is -0.151. The van der Waals surface area contributed by atoms with Gasteiger partial charge in [-0.15, -0.1) is 6.42 Å². The summed E-state index contributed by atoms with van der Waals surface area (Å²) in [7, 11) is 1.40. The number of likely N-dealkylation sites (tertiary alicyclic amines) is 1. The van der Waals surface area contributed by atoms with Gasteiger partial charge in [-0.3, -0.25) is 14.5 Å². The Morgan fingerprint density at radius 2 is 2.12 bits per heavy atom. The number of ether oxygens (including phenoxy) is 1. The molecule has 5 nitrogen and oxygen atoms in total. The van der Waals surface area contributed by atoms with Gasteiger partial charge in [-0.2, -0.15) is 0 Å². The van der Waals surface area contributed by atoms with E-state index in [1.807, 2.05) is 4.90 Å². The first kappa shape index (κ1) is 13.5. The number of carbonyl (C=O) groups excluding carboxylic acids is 2. The molecule has 0 aromatic heterocycles. The molecule has 0 aromatic carbocycles. The number of piperidine rings is 1. The number of carbonyl (C=O) groups is 2. The fourth-order valence-electron chi connectivity index (χ4n) is 1.90. The van der Waals surface area contributed by atoms with Crippen LogP contribution in [0.15, 0.2) is 0 Å². The zero-order chi connectivity index (χ0) is 12.7. The molecule has 0 saturated carbocycles. The maximum atomic E-state index is 11.4. The third kappa shape index (κ3) is 4.45. The molecule has 0 radical (unpaired) electrons. The number of amides is 1. The SMILES string of the molecule is C#CCNC(=O)CN1CCC(C(=O)OC)CC1. The molecule has 1 aliphatic heterocycles. The predicted octanol–water partition coefficient (Wildman–Crippen LogP) is -0.379. The van der Waals surface area contributed by atoms with Gasteiger partial charge >= 0.3 is 5.97 Å². The van der Waals surface area contributed by atoms with E-state index in [0.29, 0.717) is 6.54 Å². The summed E-state index contributed by atoms with van der Waals surface area (Å²) >= 11 is 0. The molecule has 17 heavy (non-hydrogen) atoms. The van der Waals surface area contributed by atoms with Crippen molar-refractivity contribution in [2.75, 3.05) is 33.3 Å². The topological polar surface area (TPSA) is 58.6 Å². The van der Waals surface area contributed by atoms with E-state index in [0.717, 1.165) is 25.9 Å². The molecule has 0 unspecified atom stereocenters. The van der Waals surface area contributed by atoms with Gasteiger partial charge in [0.05, 0.1) is 26.1 Å². The smallest absolute Gasteiger partial charge is 0.308 e. The van der Waals surface area contributed by atoms with Crippen LogP contribution >= 0.6 is 0 Å². The van der Waals surface area contributed by atoms with Gasteiger partial charge in [-0.05, 0) is 25.9 Å². The van der Waals surface area contributed by atoms with E-state index in [9.17, 15) is 9.59 Å². The van der Waals surface area contributed by atoms with Crippen LogP contribution in [0.25, 0.3) is 0 Å². The largest absolute Gasteiger partial charge is 0.469 e. The molecule has 1 aliphatic rings. The van der Waals surface area contributed by atoms with E-state index in [1.54, 1.807) is 0 Å². The van der Waals surface area contributed by atoms with Crippen molar-refractivity contribution in [1.82, 2.24) is 10.2 Å². The Bertz CT molecular complexity index is 314. The van der Waals surface area contributed by atoms with E-state index in [-0.39, 0.29) is 24.3 Å². The number of esters is 1. The van der Waals surface area contributed by atoms with Gasteiger partial charge in [-0.1, -0.05) is 5.92 Å². The van der Waals surface area contributed by atoms with E-state index >= 15 is 0 Å². The highest BCUT2D eigenvalue weighted by Gasteiger charge is 2.26. The maximum absolute atomic E-state index is 11.4. The molecular formula is C12H18N2O3. The van der Waals surface area contributed by atoms with Gasteiger partial charge in [0.2, 0.25) is 5.91 Å². The van der Waals surface area contributed by atoms with Crippen LogP contribution in [0.1, 0.15) is 12.8 Å². The second-order valence-electron chi connectivity index (χ2n) is 4.05.